The summed E-state index contributed by atoms with van der Waals surface area (Å²) in [7, 11) is 0. The molecular weight excluding hydrogens is 348 g/mol. The first-order chi connectivity index (χ1) is 13.7. The van der Waals surface area contributed by atoms with Gasteiger partial charge in [0.1, 0.15) is 29.9 Å². The molecule has 1 amide bonds. The molecule has 1 saturated carbocycles. The molecule has 4 heteroatoms. The predicted molar refractivity (Wildman–Crippen MR) is 113 cm³/mol. The maximum absolute atomic E-state index is 13.5. The van der Waals surface area contributed by atoms with Gasteiger partial charge in [-0.1, -0.05) is 31.0 Å². The molecule has 4 nitrogen and oxygen atoms in total. The molecule has 1 aliphatic heterocycles. The van der Waals surface area contributed by atoms with Crippen molar-refractivity contribution < 1.29 is 9.53 Å². The molecule has 2 aromatic carbocycles. The third-order valence-electron chi connectivity index (χ3n) is 5.79. The van der Waals surface area contributed by atoms with E-state index in [2.05, 4.69) is 6.08 Å². The molecule has 144 valence electrons. The highest BCUT2D eigenvalue weighted by Gasteiger charge is 2.43. The number of ether oxygens (including phenoxy) is 1. The smallest absolute Gasteiger partial charge is 0.326 e. The number of amides is 1. The summed E-state index contributed by atoms with van der Waals surface area (Å²) in [6.07, 6.45) is 10.4. The maximum Gasteiger partial charge on any atom is 0.326 e. The van der Waals surface area contributed by atoms with Crippen molar-refractivity contribution in [3.8, 4) is 11.5 Å². The first-order valence-corrected chi connectivity index (χ1v) is 10.1. The molecule has 0 aromatic heterocycles. The van der Waals surface area contributed by atoms with Gasteiger partial charge >= 0.3 is 5.91 Å². The predicted octanol–water partition coefficient (Wildman–Crippen LogP) is 4.92. The van der Waals surface area contributed by atoms with Gasteiger partial charge in [-0.25, -0.2) is 4.79 Å². The summed E-state index contributed by atoms with van der Waals surface area (Å²) in [6.45, 7) is 1.12. The number of nitrogens with two attached hydrogens (primary N) is 1. The van der Waals surface area contributed by atoms with Crippen LogP contribution in [0.15, 0.2) is 78.5 Å². The summed E-state index contributed by atoms with van der Waals surface area (Å²) >= 11 is 0. The molecule has 0 radical (unpaired) electrons. The van der Waals surface area contributed by atoms with Crippen molar-refractivity contribution in [1.29, 1.82) is 0 Å². The monoisotopic (exact) mass is 375 g/mol. The molecule has 2 N–H and O–H groups in total. The van der Waals surface area contributed by atoms with Crippen molar-refractivity contribution in [2.24, 2.45) is 11.7 Å². The molecule has 1 atom stereocenters. The molecule has 1 fully saturated rings. The second-order valence-electron chi connectivity index (χ2n) is 7.58. The average Bonchev–Trinajstić information content (AvgIpc) is 3.29. The largest absolute Gasteiger partial charge is 0.457 e. The standard InChI is InChI=1S/C24H27N2O2/c25-18-19-14-16-26(17-15-19,24(27)20-6-4-5-7-20)21-10-12-23(13-11-21)28-22-8-2-1-3-9-22/h1-3,8-16,20H,4-7,17-18,25H2/q+1. The lowest BCUT2D eigenvalue weighted by atomic mass is 10.0. The van der Waals surface area contributed by atoms with Crippen LogP contribution in [-0.2, 0) is 4.79 Å². The molecule has 2 aromatic rings. The third kappa shape index (κ3) is 3.66. The van der Waals surface area contributed by atoms with E-state index in [4.69, 9.17) is 10.5 Å². The summed E-state index contributed by atoms with van der Waals surface area (Å²) in [6, 6.07) is 17.6. The molecule has 0 spiro atoms. The lowest BCUT2D eigenvalue weighted by Gasteiger charge is -2.35. The Morgan fingerprint density at radius 1 is 1.00 bits per heavy atom. The second kappa shape index (κ2) is 8.13. The Morgan fingerprint density at radius 3 is 2.29 bits per heavy atom. The van der Waals surface area contributed by atoms with Crippen LogP contribution in [-0.4, -0.2) is 19.0 Å². The second-order valence-corrected chi connectivity index (χ2v) is 7.58. The van der Waals surface area contributed by atoms with Gasteiger partial charge in [-0.05, 0) is 54.8 Å². The zero-order valence-corrected chi connectivity index (χ0v) is 16.1. The number of rotatable bonds is 5. The minimum absolute atomic E-state index is 0.137. The summed E-state index contributed by atoms with van der Waals surface area (Å²) < 4.78 is 6.15. The SMILES string of the molecule is NCC1=CC[N+](C(=O)C2CCCC2)(c2ccc(Oc3ccccc3)cc2)C=C1. The van der Waals surface area contributed by atoms with E-state index in [1.54, 1.807) is 0 Å². The summed E-state index contributed by atoms with van der Waals surface area (Å²) in [5.41, 5.74) is 7.85. The van der Waals surface area contributed by atoms with Gasteiger partial charge in [-0.2, -0.15) is 4.48 Å². The number of para-hydroxylation sites is 1. The Labute approximate surface area is 166 Å². The molecule has 28 heavy (non-hydrogen) atoms. The fourth-order valence-electron chi connectivity index (χ4n) is 4.15. The molecule has 2 aliphatic rings. The van der Waals surface area contributed by atoms with Crippen LogP contribution in [0.4, 0.5) is 5.69 Å². The Balaban J connectivity index is 1.62. The van der Waals surface area contributed by atoms with Crippen LogP contribution in [0.3, 0.4) is 0 Å². The number of benzene rings is 2. The van der Waals surface area contributed by atoms with E-state index in [0.29, 0.717) is 13.1 Å². The first kappa shape index (κ1) is 18.7. The Morgan fingerprint density at radius 2 is 1.68 bits per heavy atom. The summed E-state index contributed by atoms with van der Waals surface area (Å²) in [4.78, 5) is 13.5. The maximum atomic E-state index is 13.5. The van der Waals surface area contributed by atoms with E-state index >= 15 is 0 Å². The lowest BCUT2D eigenvalue weighted by molar-refractivity contribution is -0.131. The fraction of sp³-hybridized carbons (Fsp3) is 0.292. The summed E-state index contributed by atoms with van der Waals surface area (Å²) in [5, 5.41) is 0. The third-order valence-corrected chi connectivity index (χ3v) is 5.79. The molecule has 1 heterocycles. The van der Waals surface area contributed by atoms with Crippen molar-refractivity contribution in [1.82, 2.24) is 4.48 Å². The van der Waals surface area contributed by atoms with E-state index in [1.807, 2.05) is 66.9 Å². The van der Waals surface area contributed by atoms with E-state index in [0.717, 1.165) is 48.4 Å². The molecule has 0 bridgehead atoms. The zero-order chi connectivity index (χ0) is 19.4. The Hall–Kier alpha value is -2.69. The Kier molecular flexibility index (Phi) is 5.42. The van der Waals surface area contributed by atoms with Crippen LogP contribution in [0.5, 0.6) is 11.5 Å². The number of hydrogen-bond acceptors (Lipinski definition) is 3. The van der Waals surface area contributed by atoms with Crippen molar-refractivity contribution >= 4 is 11.6 Å². The zero-order valence-electron chi connectivity index (χ0n) is 16.1. The van der Waals surface area contributed by atoms with Crippen LogP contribution in [0, 0.1) is 5.92 Å². The Bertz CT molecular complexity index is 881. The van der Waals surface area contributed by atoms with Crippen LogP contribution in [0.2, 0.25) is 0 Å². The molecule has 4 rings (SSSR count). The molecule has 0 saturated heterocycles. The van der Waals surface area contributed by atoms with Crippen LogP contribution >= 0.6 is 0 Å². The van der Waals surface area contributed by atoms with E-state index < -0.39 is 0 Å². The van der Waals surface area contributed by atoms with Crippen LogP contribution in [0.25, 0.3) is 0 Å². The van der Waals surface area contributed by atoms with Gasteiger partial charge in [-0.15, -0.1) is 0 Å². The molecular formula is C24H27N2O2+. The van der Waals surface area contributed by atoms with Gasteiger partial charge < -0.3 is 10.5 Å². The van der Waals surface area contributed by atoms with Gasteiger partial charge in [0, 0.05) is 18.7 Å². The van der Waals surface area contributed by atoms with Gasteiger partial charge in [0.25, 0.3) is 0 Å². The van der Waals surface area contributed by atoms with Crippen molar-refractivity contribution in [3.63, 3.8) is 0 Å². The lowest BCUT2D eigenvalue weighted by Crippen LogP contribution is -2.53. The van der Waals surface area contributed by atoms with Crippen LogP contribution in [0.1, 0.15) is 25.7 Å². The van der Waals surface area contributed by atoms with Crippen molar-refractivity contribution in [3.05, 3.63) is 78.5 Å². The highest BCUT2D eigenvalue weighted by atomic mass is 16.5. The average molecular weight is 375 g/mol. The topological polar surface area (TPSA) is 52.3 Å². The highest BCUT2D eigenvalue weighted by molar-refractivity contribution is 5.92. The molecule has 1 unspecified atom stereocenters. The number of carbonyl (C=O) groups excluding carboxylic acids is 1. The van der Waals surface area contributed by atoms with Crippen LogP contribution < -0.4 is 15.0 Å². The van der Waals surface area contributed by atoms with Gasteiger partial charge in [0.05, 0.1) is 5.92 Å². The minimum atomic E-state index is 0.137. The van der Waals surface area contributed by atoms with Gasteiger partial charge in [0.2, 0.25) is 0 Å². The number of hydrogen-bond donors (Lipinski definition) is 1. The highest BCUT2D eigenvalue weighted by Crippen LogP contribution is 2.36. The number of quaternary nitrogens is 1. The quantitative estimate of drug-likeness (QED) is 0.755. The normalized spacial score (nSPS) is 22.1. The van der Waals surface area contributed by atoms with Gasteiger partial charge in [-0.3, -0.25) is 0 Å². The summed E-state index contributed by atoms with van der Waals surface area (Å²) in [5.74, 6) is 1.99. The molecule has 1 aliphatic carbocycles. The number of carbonyl (C=O) groups is 1. The van der Waals surface area contributed by atoms with Gasteiger partial charge in [0.15, 0.2) is 0 Å². The fourth-order valence-corrected chi connectivity index (χ4v) is 4.15. The minimum Gasteiger partial charge on any atom is -0.457 e. The van der Waals surface area contributed by atoms with Crippen molar-refractivity contribution in [2.45, 2.75) is 25.7 Å². The van der Waals surface area contributed by atoms with E-state index in [1.165, 1.54) is 0 Å². The number of nitrogens with zero attached hydrogens (tertiary/aromatic N) is 1. The van der Waals surface area contributed by atoms with E-state index in [-0.39, 0.29) is 16.3 Å². The van der Waals surface area contributed by atoms with Crippen molar-refractivity contribution in [2.75, 3.05) is 13.1 Å². The van der Waals surface area contributed by atoms with E-state index in [9.17, 15) is 4.79 Å². The first-order valence-electron chi connectivity index (χ1n) is 10.1.